The maximum absolute atomic E-state index is 12.0. The molecule has 2 amide bonds. The molecule has 0 fully saturated rings. The second kappa shape index (κ2) is 11.3. The molecule has 2 aromatic rings. The standard InChI is InChI=1S/C22H25BrN2O5/c1-4-29-17-7-5-16(6-8-17)24-20(26)9-10-22(28)30-13-21(27)25-19-12-14(2)18(23)11-15(19)3/h5-8,11-12H,4,9-10,13H2,1-3H3,(H,24,26)(H,25,27). The van der Waals surface area contributed by atoms with Crippen LogP contribution in [0.25, 0.3) is 0 Å². The van der Waals surface area contributed by atoms with Crippen molar-refractivity contribution in [3.63, 3.8) is 0 Å². The second-order valence-electron chi connectivity index (χ2n) is 6.63. The number of rotatable bonds is 9. The van der Waals surface area contributed by atoms with Gasteiger partial charge in [0.1, 0.15) is 5.75 Å². The summed E-state index contributed by atoms with van der Waals surface area (Å²) in [4.78, 5) is 35.8. The Kier molecular flexibility index (Phi) is 8.86. The molecular formula is C22H25BrN2O5. The van der Waals surface area contributed by atoms with Crippen LogP contribution in [0.15, 0.2) is 40.9 Å². The van der Waals surface area contributed by atoms with Crippen LogP contribution in [0.2, 0.25) is 0 Å². The normalized spacial score (nSPS) is 10.3. The zero-order valence-corrected chi connectivity index (χ0v) is 18.8. The number of hydrogen-bond donors (Lipinski definition) is 2. The lowest BCUT2D eigenvalue weighted by molar-refractivity contribution is -0.147. The Morgan fingerprint density at radius 2 is 1.63 bits per heavy atom. The highest BCUT2D eigenvalue weighted by Gasteiger charge is 2.12. The van der Waals surface area contributed by atoms with Gasteiger partial charge in [-0.3, -0.25) is 14.4 Å². The molecule has 0 aliphatic carbocycles. The summed E-state index contributed by atoms with van der Waals surface area (Å²) in [6.07, 6.45) is -0.161. The van der Waals surface area contributed by atoms with Gasteiger partial charge >= 0.3 is 5.97 Å². The van der Waals surface area contributed by atoms with Crippen molar-refractivity contribution in [3.05, 3.63) is 52.0 Å². The number of benzene rings is 2. The zero-order valence-electron chi connectivity index (χ0n) is 17.2. The smallest absolute Gasteiger partial charge is 0.306 e. The van der Waals surface area contributed by atoms with Crippen molar-refractivity contribution < 1.29 is 23.9 Å². The molecule has 0 atom stereocenters. The highest BCUT2D eigenvalue weighted by molar-refractivity contribution is 9.10. The summed E-state index contributed by atoms with van der Waals surface area (Å²) in [5.74, 6) is -0.657. The molecule has 0 spiro atoms. The monoisotopic (exact) mass is 476 g/mol. The minimum Gasteiger partial charge on any atom is -0.494 e. The highest BCUT2D eigenvalue weighted by Crippen LogP contribution is 2.24. The van der Waals surface area contributed by atoms with Gasteiger partial charge in [-0.1, -0.05) is 15.9 Å². The van der Waals surface area contributed by atoms with Crippen LogP contribution in [0.1, 0.15) is 30.9 Å². The predicted octanol–water partition coefficient (Wildman–Crippen LogP) is 4.37. The van der Waals surface area contributed by atoms with Gasteiger partial charge in [0, 0.05) is 22.3 Å². The average molecular weight is 477 g/mol. The van der Waals surface area contributed by atoms with Gasteiger partial charge < -0.3 is 20.1 Å². The fourth-order valence-electron chi connectivity index (χ4n) is 2.56. The summed E-state index contributed by atoms with van der Waals surface area (Å²) >= 11 is 3.43. The maximum Gasteiger partial charge on any atom is 0.306 e. The van der Waals surface area contributed by atoms with Gasteiger partial charge in [-0.05, 0) is 68.3 Å². The number of amides is 2. The Morgan fingerprint density at radius 3 is 2.30 bits per heavy atom. The van der Waals surface area contributed by atoms with Crippen molar-refractivity contribution >= 4 is 45.1 Å². The van der Waals surface area contributed by atoms with Crippen LogP contribution in [0.5, 0.6) is 5.75 Å². The molecule has 0 unspecified atom stereocenters. The van der Waals surface area contributed by atoms with Crippen LogP contribution in [0.3, 0.4) is 0 Å². The number of anilines is 2. The van der Waals surface area contributed by atoms with E-state index in [0.717, 1.165) is 15.6 Å². The molecule has 2 N–H and O–H groups in total. The molecule has 7 nitrogen and oxygen atoms in total. The Bertz CT molecular complexity index is 912. The Morgan fingerprint density at radius 1 is 0.933 bits per heavy atom. The summed E-state index contributed by atoms with van der Waals surface area (Å²) < 4.78 is 11.2. The number of halogens is 1. The minimum atomic E-state index is -0.615. The van der Waals surface area contributed by atoms with Crippen LogP contribution in [-0.4, -0.2) is 31.0 Å². The molecule has 0 saturated carbocycles. The van der Waals surface area contributed by atoms with Crippen LogP contribution in [0.4, 0.5) is 11.4 Å². The molecule has 30 heavy (non-hydrogen) atoms. The van der Waals surface area contributed by atoms with Crippen LogP contribution in [-0.2, 0) is 19.1 Å². The molecule has 2 rings (SSSR count). The van der Waals surface area contributed by atoms with E-state index in [1.165, 1.54) is 0 Å². The number of carbonyl (C=O) groups excluding carboxylic acids is 3. The molecule has 0 saturated heterocycles. The van der Waals surface area contributed by atoms with Gasteiger partial charge in [-0.25, -0.2) is 0 Å². The molecule has 160 valence electrons. The van der Waals surface area contributed by atoms with Gasteiger partial charge in [0.15, 0.2) is 6.61 Å². The molecule has 0 heterocycles. The first kappa shape index (κ1) is 23.4. The van der Waals surface area contributed by atoms with Gasteiger partial charge in [0.2, 0.25) is 5.91 Å². The predicted molar refractivity (Wildman–Crippen MR) is 119 cm³/mol. The molecular weight excluding hydrogens is 452 g/mol. The largest absolute Gasteiger partial charge is 0.494 e. The first-order valence-electron chi connectivity index (χ1n) is 9.53. The third kappa shape index (κ3) is 7.51. The summed E-state index contributed by atoms with van der Waals surface area (Å²) in [5, 5.41) is 5.41. The minimum absolute atomic E-state index is 0.0430. The number of ether oxygens (including phenoxy) is 2. The van der Waals surface area contributed by atoms with Gasteiger partial charge in [0.25, 0.3) is 5.91 Å². The molecule has 0 radical (unpaired) electrons. The van der Waals surface area contributed by atoms with Gasteiger partial charge in [0.05, 0.1) is 13.0 Å². The zero-order chi connectivity index (χ0) is 22.1. The Labute approximate surface area is 184 Å². The van der Waals surface area contributed by atoms with E-state index in [2.05, 4.69) is 26.6 Å². The van der Waals surface area contributed by atoms with Crippen LogP contribution < -0.4 is 15.4 Å². The van der Waals surface area contributed by atoms with Crippen molar-refractivity contribution in [1.29, 1.82) is 0 Å². The Hall–Kier alpha value is -2.87. The number of hydrogen-bond acceptors (Lipinski definition) is 5. The van der Waals surface area contributed by atoms with Gasteiger partial charge in [-0.2, -0.15) is 0 Å². The van der Waals surface area contributed by atoms with Crippen LogP contribution >= 0.6 is 15.9 Å². The Balaban J connectivity index is 1.72. The van der Waals surface area contributed by atoms with E-state index < -0.39 is 18.5 Å². The fraction of sp³-hybridized carbons (Fsp3) is 0.318. The molecule has 2 aromatic carbocycles. The SMILES string of the molecule is CCOc1ccc(NC(=O)CCC(=O)OCC(=O)Nc2cc(C)c(Br)cc2C)cc1. The highest BCUT2D eigenvalue weighted by atomic mass is 79.9. The number of nitrogens with one attached hydrogen (secondary N) is 2. The summed E-state index contributed by atoms with van der Waals surface area (Å²) in [5.41, 5.74) is 3.13. The van der Waals surface area contributed by atoms with Crippen molar-refractivity contribution in [3.8, 4) is 5.75 Å². The van der Waals surface area contributed by atoms with Crippen molar-refractivity contribution in [2.24, 2.45) is 0 Å². The lowest BCUT2D eigenvalue weighted by Gasteiger charge is -2.11. The fourth-order valence-corrected chi connectivity index (χ4v) is 3.02. The van der Waals surface area contributed by atoms with Crippen molar-refractivity contribution in [2.45, 2.75) is 33.6 Å². The summed E-state index contributed by atoms with van der Waals surface area (Å²) in [7, 11) is 0. The number of aryl methyl sites for hydroxylation is 2. The third-order valence-electron chi connectivity index (χ3n) is 4.15. The molecule has 0 aliphatic rings. The first-order chi connectivity index (χ1) is 14.3. The molecule has 8 heteroatoms. The van der Waals surface area contributed by atoms with Crippen molar-refractivity contribution in [1.82, 2.24) is 0 Å². The third-order valence-corrected chi connectivity index (χ3v) is 5.00. The first-order valence-corrected chi connectivity index (χ1v) is 10.3. The number of esters is 1. The van der Waals surface area contributed by atoms with Crippen molar-refractivity contribution in [2.75, 3.05) is 23.8 Å². The molecule has 0 aromatic heterocycles. The van der Waals surface area contributed by atoms with Crippen LogP contribution in [0, 0.1) is 13.8 Å². The molecule has 0 bridgehead atoms. The van der Waals surface area contributed by atoms with E-state index in [1.54, 1.807) is 24.3 Å². The van der Waals surface area contributed by atoms with E-state index in [4.69, 9.17) is 9.47 Å². The second-order valence-corrected chi connectivity index (χ2v) is 7.49. The van der Waals surface area contributed by atoms with E-state index >= 15 is 0 Å². The topological polar surface area (TPSA) is 93.7 Å². The lowest BCUT2D eigenvalue weighted by Crippen LogP contribution is -2.22. The van der Waals surface area contributed by atoms with E-state index in [-0.39, 0.29) is 18.7 Å². The average Bonchev–Trinajstić information content (AvgIpc) is 2.70. The summed E-state index contributed by atoms with van der Waals surface area (Å²) in [6.45, 7) is 5.83. The van der Waals surface area contributed by atoms with E-state index in [0.29, 0.717) is 23.7 Å². The van der Waals surface area contributed by atoms with E-state index in [1.807, 2.05) is 32.9 Å². The molecule has 0 aliphatic heterocycles. The summed E-state index contributed by atoms with van der Waals surface area (Å²) in [6, 6.07) is 10.7. The van der Waals surface area contributed by atoms with Gasteiger partial charge in [-0.15, -0.1) is 0 Å². The quantitative estimate of drug-likeness (QED) is 0.524. The number of carbonyl (C=O) groups is 3. The maximum atomic E-state index is 12.0. The lowest BCUT2D eigenvalue weighted by atomic mass is 10.1. The van der Waals surface area contributed by atoms with E-state index in [9.17, 15) is 14.4 Å².